The van der Waals surface area contributed by atoms with Crippen LogP contribution in [0, 0.1) is 22.0 Å². The highest BCUT2D eigenvalue weighted by Crippen LogP contribution is 2.26. The third-order valence-electron chi connectivity index (χ3n) is 4.43. The third kappa shape index (κ3) is 4.40. The minimum Gasteiger partial charge on any atom is -0.460 e. The molecule has 1 fully saturated rings. The van der Waals surface area contributed by atoms with Crippen LogP contribution in [0.15, 0.2) is 24.3 Å². The molecule has 1 aliphatic heterocycles. The monoisotopic (exact) mass is 348 g/mol. The van der Waals surface area contributed by atoms with Crippen LogP contribution in [0.1, 0.15) is 32.3 Å². The van der Waals surface area contributed by atoms with Crippen molar-refractivity contribution in [1.82, 2.24) is 5.32 Å². The standard InChI is InChI=1S/C17H20N2O6/c1-3-13-16(18-17(13)22)10(2)14(20)8-15(21)25-9-11-4-6-12(7-5-11)19(23)24/h4-7,10,13,16H,3,8-9H2,1-2H3,(H,18,22)/t10-,13-,16-/m1/s1. The molecule has 0 saturated carbocycles. The van der Waals surface area contributed by atoms with E-state index in [1.807, 2.05) is 6.92 Å². The van der Waals surface area contributed by atoms with Gasteiger partial charge in [-0.1, -0.05) is 13.8 Å². The predicted molar refractivity (Wildman–Crippen MR) is 87.4 cm³/mol. The van der Waals surface area contributed by atoms with E-state index in [0.29, 0.717) is 12.0 Å². The second-order valence-electron chi connectivity index (χ2n) is 6.07. The van der Waals surface area contributed by atoms with Gasteiger partial charge in [-0.05, 0) is 24.1 Å². The van der Waals surface area contributed by atoms with Crippen molar-refractivity contribution in [2.24, 2.45) is 11.8 Å². The van der Waals surface area contributed by atoms with Crippen LogP contribution >= 0.6 is 0 Å². The number of hydrogen-bond donors (Lipinski definition) is 1. The molecule has 8 heteroatoms. The highest BCUT2D eigenvalue weighted by Gasteiger charge is 2.43. The van der Waals surface area contributed by atoms with Crippen LogP contribution in [-0.4, -0.2) is 28.6 Å². The first-order chi connectivity index (χ1) is 11.8. The van der Waals surface area contributed by atoms with E-state index in [1.165, 1.54) is 24.3 Å². The third-order valence-corrected chi connectivity index (χ3v) is 4.43. The number of nitro groups is 1. The highest BCUT2D eigenvalue weighted by atomic mass is 16.6. The van der Waals surface area contributed by atoms with Gasteiger partial charge in [0.1, 0.15) is 18.8 Å². The van der Waals surface area contributed by atoms with Gasteiger partial charge in [-0.2, -0.15) is 0 Å². The van der Waals surface area contributed by atoms with E-state index < -0.39 is 16.8 Å². The van der Waals surface area contributed by atoms with Crippen LogP contribution in [0.25, 0.3) is 0 Å². The quantitative estimate of drug-likeness (QED) is 0.252. The van der Waals surface area contributed by atoms with Gasteiger partial charge in [0.2, 0.25) is 5.91 Å². The fourth-order valence-electron chi connectivity index (χ4n) is 2.78. The largest absolute Gasteiger partial charge is 0.460 e. The Labute approximate surface area is 144 Å². The molecule has 1 aromatic rings. The van der Waals surface area contributed by atoms with Crippen molar-refractivity contribution < 1.29 is 24.0 Å². The number of hydrogen-bond acceptors (Lipinski definition) is 6. The summed E-state index contributed by atoms with van der Waals surface area (Å²) in [6.07, 6.45) is 0.287. The van der Waals surface area contributed by atoms with E-state index in [2.05, 4.69) is 5.32 Å². The number of benzene rings is 1. The number of nitrogens with one attached hydrogen (secondary N) is 1. The normalized spacial score (nSPS) is 20.2. The Morgan fingerprint density at radius 1 is 1.32 bits per heavy atom. The van der Waals surface area contributed by atoms with E-state index >= 15 is 0 Å². The Morgan fingerprint density at radius 3 is 2.48 bits per heavy atom. The van der Waals surface area contributed by atoms with Gasteiger partial charge in [-0.15, -0.1) is 0 Å². The van der Waals surface area contributed by atoms with Crippen molar-refractivity contribution in [3.05, 3.63) is 39.9 Å². The zero-order valence-electron chi connectivity index (χ0n) is 14.1. The van der Waals surface area contributed by atoms with Crippen molar-refractivity contribution in [3.8, 4) is 0 Å². The maximum atomic E-state index is 12.2. The molecule has 1 aliphatic rings. The number of rotatable bonds is 8. The number of nitro benzene ring substituents is 1. The summed E-state index contributed by atoms with van der Waals surface area (Å²) in [6, 6.07) is 5.39. The molecular weight excluding hydrogens is 328 g/mol. The Bertz CT molecular complexity index is 685. The van der Waals surface area contributed by atoms with Crippen molar-refractivity contribution in [2.75, 3.05) is 0 Å². The fourth-order valence-corrected chi connectivity index (χ4v) is 2.78. The summed E-state index contributed by atoms with van der Waals surface area (Å²) >= 11 is 0. The van der Waals surface area contributed by atoms with Gasteiger partial charge >= 0.3 is 5.97 Å². The molecule has 1 aromatic carbocycles. The van der Waals surface area contributed by atoms with Gasteiger partial charge in [-0.3, -0.25) is 24.5 Å². The molecule has 0 spiro atoms. The van der Waals surface area contributed by atoms with Gasteiger partial charge in [0.15, 0.2) is 0 Å². The SMILES string of the molecule is CC[C@H]1C(=O)N[C@@H]1[C@H](C)C(=O)CC(=O)OCc1ccc([N+](=O)[O-])cc1. The maximum Gasteiger partial charge on any atom is 0.313 e. The van der Waals surface area contributed by atoms with Crippen molar-refractivity contribution in [1.29, 1.82) is 0 Å². The molecule has 0 unspecified atom stereocenters. The zero-order chi connectivity index (χ0) is 18.6. The summed E-state index contributed by atoms with van der Waals surface area (Å²) in [5.41, 5.74) is 0.545. The minimum atomic E-state index is -0.658. The first kappa shape index (κ1) is 18.6. The minimum absolute atomic E-state index is 0.0490. The number of non-ortho nitro benzene ring substituents is 1. The average Bonchev–Trinajstić information content (AvgIpc) is 2.57. The molecule has 1 heterocycles. The lowest BCUT2D eigenvalue weighted by atomic mass is 9.78. The van der Waals surface area contributed by atoms with E-state index in [9.17, 15) is 24.5 Å². The summed E-state index contributed by atoms with van der Waals surface area (Å²) in [5.74, 6) is -1.64. The van der Waals surface area contributed by atoms with E-state index in [4.69, 9.17) is 4.74 Å². The molecule has 0 aliphatic carbocycles. The van der Waals surface area contributed by atoms with Gasteiger partial charge in [-0.25, -0.2) is 0 Å². The Balaban J connectivity index is 1.80. The van der Waals surface area contributed by atoms with Crippen molar-refractivity contribution >= 4 is 23.3 Å². The van der Waals surface area contributed by atoms with Crippen LogP contribution in [0.5, 0.6) is 0 Å². The molecular formula is C17H20N2O6. The van der Waals surface area contributed by atoms with E-state index in [1.54, 1.807) is 6.92 Å². The molecule has 25 heavy (non-hydrogen) atoms. The van der Waals surface area contributed by atoms with Gasteiger partial charge < -0.3 is 10.1 Å². The number of nitrogens with zero attached hydrogens (tertiary/aromatic N) is 1. The first-order valence-corrected chi connectivity index (χ1v) is 8.05. The average molecular weight is 348 g/mol. The van der Waals surface area contributed by atoms with E-state index in [0.717, 1.165) is 0 Å². The molecule has 0 radical (unpaired) electrons. The van der Waals surface area contributed by atoms with Crippen molar-refractivity contribution in [3.63, 3.8) is 0 Å². The lowest BCUT2D eigenvalue weighted by molar-refractivity contribution is -0.384. The van der Waals surface area contributed by atoms with Crippen LogP contribution in [0.4, 0.5) is 5.69 Å². The summed E-state index contributed by atoms with van der Waals surface area (Å²) in [5, 5.41) is 13.3. The summed E-state index contributed by atoms with van der Waals surface area (Å²) in [6.45, 7) is 3.51. The smallest absolute Gasteiger partial charge is 0.313 e. The predicted octanol–water partition coefficient (Wildman–Crippen LogP) is 1.76. The molecule has 0 bridgehead atoms. The first-order valence-electron chi connectivity index (χ1n) is 8.05. The molecule has 8 nitrogen and oxygen atoms in total. The molecule has 0 aromatic heterocycles. The summed E-state index contributed by atoms with van der Waals surface area (Å²) in [7, 11) is 0. The molecule has 3 atom stereocenters. The number of Topliss-reactive ketones (excluding diaryl/α,β-unsaturated/α-hetero) is 1. The Hall–Kier alpha value is -2.77. The maximum absolute atomic E-state index is 12.2. The van der Waals surface area contributed by atoms with Crippen LogP contribution < -0.4 is 5.32 Å². The second-order valence-corrected chi connectivity index (χ2v) is 6.07. The number of esters is 1. The molecule has 134 valence electrons. The molecule has 1 N–H and O–H groups in total. The van der Waals surface area contributed by atoms with Crippen LogP contribution in [0.3, 0.4) is 0 Å². The van der Waals surface area contributed by atoms with Gasteiger partial charge in [0.05, 0.1) is 10.8 Å². The fraction of sp³-hybridized carbons (Fsp3) is 0.471. The summed E-state index contributed by atoms with van der Waals surface area (Å²) < 4.78 is 5.04. The second kappa shape index (κ2) is 7.87. The number of carbonyl (C=O) groups is 3. The van der Waals surface area contributed by atoms with E-state index in [-0.39, 0.29) is 42.4 Å². The summed E-state index contributed by atoms with van der Waals surface area (Å²) in [4.78, 5) is 45.4. The van der Waals surface area contributed by atoms with Crippen molar-refractivity contribution in [2.45, 2.75) is 39.3 Å². The lowest BCUT2D eigenvalue weighted by Gasteiger charge is -2.39. The molecule has 2 rings (SSSR count). The highest BCUT2D eigenvalue weighted by molar-refractivity contribution is 5.98. The number of amides is 1. The number of β-lactam (4-membered cyclic amide) rings is 1. The Kier molecular flexibility index (Phi) is 5.84. The number of carbonyl (C=O) groups excluding carboxylic acids is 3. The molecule has 1 saturated heterocycles. The van der Waals surface area contributed by atoms with Crippen LogP contribution in [0.2, 0.25) is 0 Å². The topological polar surface area (TPSA) is 116 Å². The zero-order valence-corrected chi connectivity index (χ0v) is 14.1. The number of ether oxygens (including phenoxy) is 1. The van der Waals surface area contributed by atoms with Gasteiger partial charge in [0, 0.05) is 24.1 Å². The van der Waals surface area contributed by atoms with Gasteiger partial charge in [0.25, 0.3) is 5.69 Å². The molecule has 1 amide bonds. The van der Waals surface area contributed by atoms with Crippen LogP contribution in [-0.2, 0) is 25.7 Å². The number of ketones is 1. The lowest BCUT2D eigenvalue weighted by Crippen LogP contribution is -2.62. The Morgan fingerprint density at radius 2 is 1.96 bits per heavy atom.